The highest BCUT2D eigenvalue weighted by Gasteiger charge is 2.77. The summed E-state index contributed by atoms with van der Waals surface area (Å²) in [5.41, 5.74) is 5.15. The van der Waals surface area contributed by atoms with Gasteiger partial charge in [0.05, 0.1) is 4.88 Å². The number of nitrogens with zero attached hydrogens (tertiary/aromatic N) is 1. The summed E-state index contributed by atoms with van der Waals surface area (Å²) in [6, 6.07) is 2.77. The number of carbonyl (C=O) groups excluding carboxylic acids is 1. The average molecular weight is 338 g/mol. The Morgan fingerprint density at radius 2 is 1.76 bits per heavy atom. The van der Waals surface area contributed by atoms with Crippen LogP contribution in [0.15, 0.2) is 22.7 Å². The smallest absolute Gasteiger partial charge is 0.380 e. The van der Waals surface area contributed by atoms with Gasteiger partial charge in [-0.15, -0.1) is 11.3 Å². The number of amidine groups is 1. The van der Waals surface area contributed by atoms with Crippen molar-refractivity contribution in [3.05, 3.63) is 22.4 Å². The minimum Gasteiger partial charge on any atom is -0.380 e. The molecule has 1 rings (SSSR count). The number of oxime groups is 1. The largest absolute Gasteiger partial charge is 0.460 e. The molecule has 0 amide bonds. The number of alkyl halides is 7. The molecule has 0 fully saturated rings. The standard InChI is InChI=1S/C9H5F7N2O2S/c10-7(11,8(12,13)9(14,15)16)6(19)20-18-5(17)4-2-1-3-21-4/h1-3H,(H2,17,18). The topological polar surface area (TPSA) is 64.7 Å². The van der Waals surface area contributed by atoms with Gasteiger partial charge in [0.25, 0.3) is 0 Å². The van der Waals surface area contributed by atoms with Crippen molar-refractivity contribution < 1.29 is 40.4 Å². The first-order valence-electron chi connectivity index (χ1n) is 4.82. The second-order valence-electron chi connectivity index (χ2n) is 3.48. The Bertz CT molecular complexity index is 539. The molecule has 0 radical (unpaired) electrons. The molecular formula is C9H5F7N2O2S. The van der Waals surface area contributed by atoms with Crippen molar-refractivity contribution in [3.8, 4) is 0 Å². The molecule has 1 aromatic heterocycles. The molecule has 0 saturated heterocycles. The molecule has 0 aromatic carbocycles. The van der Waals surface area contributed by atoms with Gasteiger partial charge in [-0.2, -0.15) is 30.7 Å². The first-order chi connectivity index (χ1) is 9.41. The maximum absolute atomic E-state index is 12.8. The Morgan fingerprint density at radius 3 is 2.19 bits per heavy atom. The van der Waals surface area contributed by atoms with Crippen molar-refractivity contribution in [2.75, 3.05) is 0 Å². The predicted octanol–water partition coefficient (Wildman–Crippen LogP) is 2.74. The fourth-order valence-electron chi connectivity index (χ4n) is 0.923. The molecule has 0 unspecified atom stereocenters. The van der Waals surface area contributed by atoms with Crippen LogP contribution >= 0.6 is 11.3 Å². The van der Waals surface area contributed by atoms with Gasteiger partial charge in [-0.3, -0.25) is 0 Å². The first kappa shape index (κ1) is 17.2. The van der Waals surface area contributed by atoms with Crippen LogP contribution in [0.5, 0.6) is 0 Å². The van der Waals surface area contributed by atoms with Crippen LogP contribution in [-0.4, -0.2) is 29.8 Å². The van der Waals surface area contributed by atoms with Gasteiger partial charge < -0.3 is 10.6 Å². The molecule has 0 spiro atoms. The molecule has 2 N–H and O–H groups in total. The van der Waals surface area contributed by atoms with Crippen molar-refractivity contribution >= 4 is 23.1 Å². The van der Waals surface area contributed by atoms with E-state index in [1.165, 1.54) is 17.5 Å². The number of rotatable bonds is 4. The van der Waals surface area contributed by atoms with Crippen molar-refractivity contribution in [3.63, 3.8) is 0 Å². The van der Waals surface area contributed by atoms with Crippen LogP contribution in [0, 0.1) is 0 Å². The van der Waals surface area contributed by atoms with Crippen molar-refractivity contribution in [1.82, 2.24) is 0 Å². The number of nitrogens with two attached hydrogens (primary N) is 1. The van der Waals surface area contributed by atoms with Crippen molar-refractivity contribution in [1.29, 1.82) is 0 Å². The highest BCUT2D eigenvalue weighted by atomic mass is 32.1. The van der Waals surface area contributed by atoms with E-state index in [9.17, 15) is 35.5 Å². The van der Waals surface area contributed by atoms with Gasteiger partial charge in [-0.05, 0) is 11.4 Å². The lowest BCUT2D eigenvalue weighted by Crippen LogP contribution is -2.56. The lowest BCUT2D eigenvalue weighted by atomic mass is 10.1. The van der Waals surface area contributed by atoms with Crippen LogP contribution in [0.2, 0.25) is 0 Å². The lowest BCUT2D eigenvalue weighted by Gasteiger charge is -2.25. The van der Waals surface area contributed by atoms with Crippen molar-refractivity contribution in [2.45, 2.75) is 18.0 Å². The number of halogens is 7. The summed E-state index contributed by atoms with van der Waals surface area (Å²) in [5.74, 6) is -16.6. The third kappa shape index (κ3) is 3.25. The Balaban J connectivity index is 2.91. The van der Waals surface area contributed by atoms with E-state index in [-0.39, 0.29) is 4.88 Å². The molecule has 1 aromatic rings. The highest BCUT2D eigenvalue weighted by molar-refractivity contribution is 7.12. The Hall–Kier alpha value is -1.85. The number of hydrogen-bond donors (Lipinski definition) is 1. The Kier molecular flexibility index (Phi) is 4.51. The molecular weight excluding hydrogens is 333 g/mol. The van der Waals surface area contributed by atoms with Crippen LogP contribution in [0.4, 0.5) is 30.7 Å². The first-order valence-corrected chi connectivity index (χ1v) is 5.70. The summed E-state index contributed by atoms with van der Waals surface area (Å²) >= 11 is 0.937. The normalized spacial score (nSPS) is 14.1. The van der Waals surface area contributed by atoms with E-state index in [0.29, 0.717) is 0 Å². The molecule has 4 nitrogen and oxygen atoms in total. The summed E-state index contributed by atoms with van der Waals surface area (Å²) in [5, 5.41) is 4.08. The van der Waals surface area contributed by atoms with Gasteiger partial charge >= 0.3 is 24.0 Å². The fourth-order valence-corrected chi connectivity index (χ4v) is 1.54. The lowest BCUT2D eigenvalue weighted by molar-refractivity contribution is -0.348. The van der Waals surface area contributed by atoms with E-state index >= 15 is 0 Å². The molecule has 0 aliphatic rings. The Morgan fingerprint density at radius 1 is 1.19 bits per heavy atom. The second-order valence-corrected chi connectivity index (χ2v) is 4.43. The summed E-state index contributed by atoms with van der Waals surface area (Å²) in [4.78, 5) is 14.2. The van der Waals surface area contributed by atoms with Crippen LogP contribution in [0.1, 0.15) is 4.88 Å². The van der Waals surface area contributed by atoms with E-state index in [0.717, 1.165) is 11.3 Å². The third-order valence-electron chi connectivity index (χ3n) is 2.01. The van der Waals surface area contributed by atoms with Crippen molar-refractivity contribution in [2.24, 2.45) is 10.9 Å². The number of thiophene rings is 1. The molecule has 12 heteroatoms. The maximum atomic E-state index is 12.8. The average Bonchev–Trinajstić information content (AvgIpc) is 2.87. The van der Waals surface area contributed by atoms with E-state index in [1.54, 1.807) is 0 Å². The number of hydrogen-bond acceptors (Lipinski definition) is 4. The van der Waals surface area contributed by atoms with Crippen LogP contribution in [0.25, 0.3) is 0 Å². The van der Waals surface area contributed by atoms with Gasteiger partial charge in [0.1, 0.15) is 0 Å². The van der Waals surface area contributed by atoms with E-state index in [1.807, 2.05) is 0 Å². The SMILES string of the molecule is N/C(=N\OC(=O)C(F)(F)C(F)(F)C(F)(F)F)c1cccs1. The molecule has 0 saturated carbocycles. The van der Waals surface area contributed by atoms with Crippen LogP contribution in [0.3, 0.4) is 0 Å². The molecule has 0 atom stereocenters. The summed E-state index contributed by atoms with van der Waals surface area (Å²) < 4.78 is 86.1. The second kappa shape index (κ2) is 5.50. The maximum Gasteiger partial charge on any atom is 0.460 e. The molecule has 21 heavy (non-hydrogen) atoms. The zero-order valence-electron chi connectivity index (χ0n) is 9.63. The molecule has 1 heterocycles. The fraction of sp³-hybridized carbons (Fsp3) is 0.333. The summed E-state index contributed by atoms with van der Waals surface area (Å²) in [7, 11) is 0. The van der Waals surface area contributed by atoms with E-state index in [2.05, 4.69) is 9.99 Å². The van der Waals surface area contributed by atoms with Gasteiger partial charge in [-0.1, -0.05) is 11.2 Å². The highest BCUT2D eigenvalue weighted by Crippen LogP contribution is 2.46. The monoisotopic (exact) mass is 338 g/mol. The summed E-state index contributed by atoms with van der Waals surface area (Å²) in [6.07, 6.45) is -6.64. The van der Waals surface area contributed by atoms with Gasteiger partial charge in [0.15, 0.2) is 5.84 Å². The molecule has 0 aliphatic carbocycles. The summed E-state index contributed by atoms with van der Waals surface area (Å²) in [6.45, 7) is 0. The van der Waals surface area contributed by atoms with Gasteiger partial charge in [0, 0.05) is 0 Å². The predicted molar refractivity (Wildman–Crippen MR) is 57.1 cm³/mol. The quantitative estimate of drug-likeness (QED) is 0.302. The minimum absolute atomic E-state index is 0.133. The zero-order chi connectivity index (χ0) is 16.5. The third-order valence-corrected chi connectivity index (χ3v) is 2.90. The van der Waals surface area contributed by atoms with E-state index < -0.39 is 29.8 Å². The number of carbonyl (C=O) groups is 1. The molecule has 118 valence electrons. The van der Waals surface area contributed by atoms with Gasteiger partial charge in [0.2, 0.25) is 0 Å². The minimum atomic E-state index is -6.64. The van der Waals surface area contributed by atoms with Gasteiger partial charge in [-0.25, -0.2) is 4.79 Å². The molecule has 0 bridgehead atoms. The van der Waals surface area contributed by atoms with Crippen LogP contribution < -0.4 is 5.73 Å². The van der Waals surface area contributed by atoms with Crippen LogP contribution in [-0.2, 0) is 9.63 Å². The molecule has 0 aliphatic heterocycles. The Labute approximate surface area is 116 Å². The zero-order valence-corrected chi connectivity index (χ0v) is 10.4. The van der Waals surface area contributed by atoms with E-state index in [4.69, 9.17) is 5.73 Å².